The molecule has 2 aliphatic rings. The Hall–Kier alpha value is -2.04. The summed E-state index contributed by atoms with van der Waals surface area (Å²) in [5, 5.41) is 0. The van der Waals surface area contributed by atoms with E-state index in [1.54, 1.807) is 0 Å². The van der Waals surface area contributed by atoms with Crippen LogP contribution in [-0.4, -0.2) is 45.7 Å². The largest absolute Gasteiger partial charge is 0.371 e. The van der Waals surface area contributed by atoms with Gasteiger partial charge in [0.2, 0.25) is 0 Å². The first-order valence-electron chi connectivity index (χ1n) is 12.1. The lowest BCUT2D eigenvalue weighted by Gasteiger charge is -2.25. The molecule has 0 spiro atoms. The van der Waals surface area contributed by atoms with Gasteiger partial charge in [-0.25, -0.2) is 0 Å². The summed E-state index contributed by atoms with van der Waals surface area (Å²) in [5.41, 5.74) is 5.30. The van der Waals surface area contributed by atoms with E-state index in [-0.39, 0.29) is 0 Å². The molecule has 0 amide bonds. The lowest BCUT2D eigenvalue weighted by atomic mass is 10.0. The third-order valence-corrected chi connectivity index (χ3v) is 6.25. The van der Waals surface area contributed by atoms with Crippen molar-refractivity contribution < 1.29 is 9.47 Å². The number of benzene rings is 2. The third kappa shape index (κ3) is 6.98. The molecule has 1 aliphatic heterocycles. The Morgan fingerprint density at radius 1 is 0.871 bits per heavy atom. The van der Waals surface area contributed by atoms with Crippen LogP contribution in [0.15, 0.2) is 48.5 Å². The lowest BCUT2D eigenvalue weighted by Crippen LogP contribution is -2.28. The van der Waals surface area contributed by atoms with Crippen molar-refractivity contribution in [3.8, 4) is 0 Å². The SMILES string of the molecule is CCCCN(CC1CO1)c1ccc(Cc2ccc(N(COCC)CC3CC3)cc2)cc1. The number of nitrogens with zero attached hydrogens (tertiary/aromatic N) is 2. The normalized spacial score (nSPS) is 17.5. The summed E-state index contributed by atoms with van der Waals surface area (Å²) in [4.78, 5) is 4.86. The molecular formula is C27H38N2O2. The summed E-state index contributed by atoms with van der Waals surface area (Å²) in [6.07, 6.45) is 6.56. The van der Waals surface area contributed by atoms with Crippen molar-refractivity contribution in [2.24, 2.45) is 5.92 Å². The van der Waals surface area contributed by atoms with E-state index in [0.29, 0.717) is 12.8 Å². The summed E-state index contributed by atoms with van der Waals surface area (Å²) in [6, 6.07) is 18.2. The van der Waals surface area contributed by atoms with Crippen LogP contribution >= 0.6 is 0 Å². The molecule has 2 aromatic carbocycles. The van der Waals surface area contributed by atoms with Crippen LogP contribution in [0, 0.1) is 5.92 Å². The molecule has 2 aromatic rings. The van der Waals surface area contributed by atoms with Crippen molar-refractivity contribution in [3.05, 3.63) is 59.7 Å². The van der Waals surface area contributed by atoms with Gasteiger partial charge in [-0.15, -0.1) is 0 Å². The maximum atomic E-state index is 5.70. The van der Waals surface area contributed by atoms with E-state index in [1.807, 2.05) is 0 Å². The molecule has 168 valence electrons. The van der Waals surface area contributed by atoms with Gasteiger partial charge in [-0.3, -0.25) is 0 Å². The number of epoxide rings is 1. The highest BCUT2D eigenvalue weighted by Gasteiger charge is 2.26. The van der Waals surface area contributed by atoms with Gasteiger partial charge in [-0.2, -0.15) is 0 Å². The molecule has 1 unspecified atom stereocenters. The molecule has 1 saturated heterocycles. The van der Waals surface area contributed by atoms with Crippen LogP contribution < -0.4 is 9.80 Å². The molecule has 0 N–H and O–H groups in total. The van der Waals surface area contributed by atoms with Crippen molar-refractivity contribution in [1.29, 1.82) is 0 Å². The highest BCUT2D eigenvalue weighted by atomic mass is 16.6. The summed E-state index contributed by atoms with van der Waals surface area (Å²) in [6.45, 7) is 9.92. The molecular weight excluding hydrogens is 384 g/mol. The Labute approximate surface area is 188 Å². The summed E-state index contributed by atoms with van der Waals surface area (Å²) in [5.74, 6) is 0.849. The van der Waals surface area contributed by atoms with Crippen LogP contribution in [0.5, 0.6) is 0 Å². The summed E-state index contributed by atoms with van der Waals surface area (Å²) < 4.78 is 11.2. The van der Waals surface area contributed by atoms with Crippen molar-refractivity contribution in [1.82, 2.24) is 0 Å². The topological polar surface area (TPSA) is 28.2 Å². The maximum Gasteiger partial charge on any atom is 0.118 e. The molecule has 0 bridgehead atoms. The molecule has 2 fully saturated rings. The number of rotatable bonds is 14. The van der Waals surface area contributed by atoms with Gasteiger partial charge >= 0.3 is 0 Å². The van der Waals surface area contributed by atoms with E-state index in [0.717, 1.165) is 45.2 Å². The van der Waals surface area contributed by atoms with E-state index < -0.39 is 0 Å². The number of ether oxygens (including phenoxy) is 2. The smallest absolute Gasteiger partial charge is 0.118 e. The first-order valence-corrected chi connectivity index (χ1v) is 12.1. The van der Waals surface area contributed by atoms with Gasteiger partial charge < -0.3 is 19.3 Å². The minimum Gasteiger partial charge on any atom is -0.371 e. The first kappa shape index (κ1) is 22.2. The molecule has 4 heteroatoms. The van der Waals surface area contributed by atoms with E-state index in [1.165, 1.54) is 48.2 Å². The van der Waals surface area contributed by atoms with E-state index in [4.69, 9.17) is 9.47 Å². The fourth-order valence-corrected chi connectivity index (χ4v) is 4.03. The van der Waals surface area contributed by atoms with Crippen molar-refractivity contribution in [3.63, 3.8) is 0 Å². The van der Waals surface area contributed by atoms with Gasteiger partial charge in [0.25, 0.3) is 0 Å². The zero-order valence-electron chi connectivity index (χ0n) is 19.3. The molecule has 1 heterocycles. The van der Waals surface area contributed by atoms with E-state index in [2.05, 4.69) is 72.2 Å². The predicted molar refractivity (Wildman–Crippen MR) is 129 cm³/mol. The number of anilines is 2. The molecule has 1 saturated carbocycles. The molecule has 31 heavy (non-hydrogen) atoms. The maximum absolute atomic E-state index is 5.70. The molecule has 4 rings (SSSR count). The van der Waals surface area contributed by atoms with Gasteiger partial charge in [0, 0.05) is 37.6 Å². The second-order valence-corrected chi connectivity index (χ2v) is 9.05. The zero-order valence-corrected chi connectivity index (χ0v) is 19.3. The van der Waals surface area contributed by atoms with Crippen LogP contribution in [0.3, 0.4) is 0 Å². The Kier molecular flexibility index (Phi) is 7.87. The van der Waals surface area contributed by atoms with Gasteiger partial charge in [0.15, 0.2) is 0 Å². The minimum absolute atomic E-state index is 0.428. The standard InChI is InChI=1S/C27H38N2O2/c1-3-5-16-28(19-27-20-31-27)25-12-8-22(9-13-25)17-23-10-14-26(15-11-23)29(21-30-4-2)18-24-6-7-24/h8-15,24,27H,3-7,16-21H2,1-2H3. The summed E-state index contributed by atoms with van der Waals surface area (Å²) >= 11 is 0. The zero-order chi connectivity index (χ0) is 21.5. The second-order valence-electron chi connectivity index (χ2n) is 9.05. The van der Waals surface area contributed by atoms with Crippen LogP contribution in [0.1, 0.15) is 50.7 Å². The van der Waals surface area contributed by atoms with E-state index in [9.17, 15) is 0 Å². The second kappa shape index (κ2) is 11.0. The van der Waals surface area contributed by atoms with Crippen molar-refractivity contribution >= 4 is 11.4 Å². The Balaban J connectivity index is 1.35. The fourth-order valence-electron chi connectivity index (χ4n) is 4.03. The van der Waals surface area contributed by atoms with Gasteiger partial charge in [-0.05, 0) is 73.9 Å². The molecule has 1 aliphatic carbocycles. The molecule has 4 nitrogen and oxygen atoms in total. The summed E-state index contributed by atoms with van der Waals surface area (Å²) in [7, 11) is 0. The molecule has 0 aromatic heterocycles. The van der Waals surface area contributed by atoms with E-state index >= 15 is 0 Å². The van der Waals surface area contributed by atoms with Crippen LogP contribution in [-0.2, 0) is 15.9 Å². The van der Waals surface area contributed by atoms with Crippen LogP contribution in [0.25, 0.3) is 0 Å². The average molecular weight is 423 g/mol. The van der Waals surface area contributed by atoms with Gasteiger partial charge in [0.1, 0.15) is 6.73 Å². The number of hydrogen-bond acceptors (Lipinski definition) is 4. The number of hydrogen-bond donors (Lipinski definition) is 0. The van der Waals surface area contributed by atoms with Gasteiger partial charge in [-0.1, -0.05) is 37.6 Å². The molecule has 1 atom stereocenters. The van der Waals surface area contributed by atoms with Crippen LogP contribution in [0.4, 0.5) is 11.4 Å². The Bertz CT molecular complexity index is 714. The number of unbranched alkanes of at least 4 members (excludes halogenated alkanes) is 1. The Morgan fingerprint density at radius 3 is 2.00 bits per heavy atom. The quantitative estimate of drug-likeness (QED) is 0.297. The predicted octanol–water partition coefficient (Wildman–Crippen LogP) is 5.49. The third-order valence-electron chi connectivity index (χ3n) is 6.25. The lowest BCUT2D eigenvalue weighted by molar-refractivity contribution is 0.146. The van der Waals surface area contributed by atoms with Crippen molar-refractivity contribution in [2.75, 3.05) is 49.4 Å². The van der Waals surface area contributed by atoms with Crippen molar-refractivity contribution in [2.45, 2.75) is 52.1 Å². The molecule has 0 radical (unpaired) electrons. The Morgan fingerprint density at radius 2 is 1.48 bits per heavy atom. The van der Waals surface area contributed by atoms with Crippen LogP contribution in [0.2, 0.25) is 0 Å². The monoisotopic (exact) mass is 422 g/mol. The highest BCUT2D eigenvalue weighted by Crippen LogP contribution is 2.31. The highest BCUT2D eigenvalue weighted by molar-refractivity contribution is 5.50. The van der Waals surface area contributed by atoms with Gasteiger partial charge in [0.05, 0.1) is 12.7 Å². The minimum atomic E-state index is 0.428. The average Bonchev–Trinajstić information content (AvgIpc) is 3.72. The fraction of sp³-hybridized carbons (Fsp3) is 0.556. The first-order chi connectivity index (χ1) is 15.2.